The van der Waals surface area contributed by atoms with Crippen LogP contribution in [0.3, 0.4) is 0 Å². The summed E-state index contributed by atoms with van der Waals surface area (Å²) in [4.78, 5) is 0. The molecule has 0 amide bonds. The smallest absolute Gasteiger partial charge is 0.145 e. The number of hydrogen-bond donors (Lipinski definition) is 1. The van der Waals surface area contributed by atoms with Gasteiger partial charge in [0, 0.05) is 18.7 Å². The van der Waals surface area contributed by atoms with Crippen LogP contribution in [-0.4, -0.2) is 9.78 Å². The van der Waals surface area contributed by atoms with Crippen molar-refractivity contribution in [3.63, 3.8) is 0 Å². The van der Waals surface area contributed by atoms with Gasteiger partial charge in [0.05, 0.1) is 0 Å². The van der Waals surface area contributed by atoms with Crippen molar-refractivity contribution in [3.05, 3.63) is 48.2 Å². The van der Waals surface area contributed by atoms with E-state index in [2.05, 4.69) is 36.3 Å². The lowest BCUT2D eigenvalue weighted by Gasteiger charge is -2.11. The van der Waals surface area contributed by atoms with Crippen molar-refractivity contribution in [2.75, 3.05) is 5.73 Å². The van der Waals surface area contributed by atoms with Crippen LogP contribution in [0.1, 0.15) is 18.4 Å². The maximum Gasteiger partial charge on any atom is 0.145 e. The SMILES string of the molecule is CC(Cn1ccc(N)n1)c1ccccc1. The van der Waals surface area contributed by atoms with Gasteiger partial charge in [-0.1, -0.05) is 37.3 Å². The molecule has 15 heavy (non-hydrogen) atoms. The van der Waals surface area contributed by atoms with Crippen molar-refractivity contribution < 1.29 is 0 Å². The Bertz CT molecular complexity index is 419. The van der Waals surface area contributed by atoms with E-state index in [-0.39, 0.29) is 0 Å². The number of nitrogen functional groups attached to an aromatic ring is 1. The minimum Gasteiger partial charge on any atom is -0.382 e. The summed E-state index contributed by atoms with van der Waals surface area (Å²) in [7, 11) is 0. The Morgan fingerprint density at radius 3 is 2.60 bits per heavy atom. The van der Waals surface area contributed by atoms with Crippen molar-refractivity contribution in [2.24, 2.45) is 0 Å². The molecule has 2 aromatic rings. The maximum atomic E-state index is 5.56. The van der Waals surface area contributed by atoms with E-state index in [1.165, 1.54) is 5.56 Å². The molecule has 1 heterocycles. The van der Waals surface area contributed by atoms with Crippen LogP contribution in [0.15, 0.2) is 42.6 Å². The Kier molecular flexibility index (Phi) is 2.72. The molecule has 0 spiro atoms. The van der Waals surface area contributed by atoms with Crippen LogP contribution in [0.4, 0.5) is 5.82 Å². The lowest BCUT2D eigenvalue weighted by molar-refractivity contribution is 0.545. The average molecular weight is 201 g/mol. The Morgan fingerprint density at radius 2 is 2.00 bits per heavy atom. The molecular formula is C12H15N3. The van der Waals surface area contributed by atoms with Gasteiger partial charge in [-0.3, -0.25) is 4.68 Å². The van der Waals surface area contributed by atoms with E-state index in [4.69, 9.17) is 5.73 Å². The molecule has 2 N–H and O–H groups in total. The van der Waals surface area contributed by atoms with E-state index in [1.54, 1.807) is 0 Å². The Hall–Kier alpha value is -1.77. The zero-order chi connectivity index (χ0) is 10.7. The van der Waals surface area contributed by atoms with Crippen LogP contribution in [0.5, 0.6) is 0 Å². The average Bonchev–Trinajstić information content (AvgIpc) is 2.65. The predicted octanol–water partition coefficient (Wildman–Crippen LogP) is 2.27. The van der Waals surface area contributed by atoms with Crippen LogP contribution >= 0.6 is 0 Å². The van der Waals surface area contributed by atoms with Gasteiger partial charge >= 0.3 is 0 Å². The highest BCUT2D eigenvalue weighted by Gasteiger charge is 2.06. The van der Waals surface area contributed by atoms with Gasteiger partial charge in [0.25, 0.3) is 0 Å². The van der Waals surface area contributed by atoms with Gasteiger partial charge in [0.15, 0.2) is 0 Å². The molecule has 78 valence electrons. The lowest BCUT2D eigenvalue weighted by Crippen LogP contribution is -2.07. The second-order valence-corrected chi connectivity index (χ2v) is 3.77. The third kappa shape index (κ3) is 2.37. The first-order valence-electron chi connectivity index (χ1n) is 5.09. The molecule has 1 atom stereocenters. The number of aromatic nitrogens is 2. The second kappa shape index (κ2) is 4.17. The standard InChI is InChI=1S/C12H15N3/c1-10(11-5-3-2-4-6-11)9-15-8-7-12(13)14-15/h2-8,10H,9H2,1H3,(H2,13,14). The minimum atomic E-state index is 0.450. The van der Waals surface area contributed by atoms with Crippen molar-refractivity contribution in [1.82, 2.24) is 9.78 Å². The van der Waals surface area contributed by atoms with Crippen LogP contribution < -0.4 is 5.73 Å². The highest BCUT2D eigenvalue weighted by Crippen LogP contribution is 2.16. The molecule has 0 aliphatic heterocycles. The summed E-state index contributed by atoms with van der Waals surface area (Å²) in [6.07, 6.45) is 1.91. The monoisotopic (exact) mass is 201 g/mol. The molecule has 0 aliphatic carbocycles. The van der Waals surface area contributed by atoms with Crippen molar-refractivity contribution >= 4 is 5.82 Å². The zero-order valence-corrected chi connectivity index (χ0v) is 8.80. The van der Waals surface area contributed by atoms with Gasteiger partial charge in [-0.2, -0.15) is 5.10 Å². The molecule has 0 bridgehead atoms. The predicted molar refractivity (Wildman–Crippen MR) is 61.5 cm³/mol. The van der Waals surface area contributed by atoms with E-state index >= 15 is 0 Å². The molecule has 0 fully saturated rings. The van der Waals surface area contributed by atoms with E-state index in [9.17, 15) is 0 Å². The molecule has 2 rings (SSSR count). The maximum absolute atomic E-state index is 5.56. The van der Waals surface area contributed by atoms with Crippen LogP contribution in [0, 0.1) is 0 Å². The molecule has 3 heteroatoms. The third-order valence-electron chi connectivity index (χ3n) is 2.49. The molecular weight excluding hydrogens is 186 g/mol. The number of hydrogen-bond acceptors (Lipinski definition) is 2. The molecule has 0 aliphatic rings. The van der Waals surface area contributed by atoms with Gasteiger partial charge < -0.3 is 5.73 Å². The Labute approximate surface area is 89.5 Å². The van der Waals surface area contributed by atoms with E-state index in [1.807, 2.05) is 23.0 Å². The summed E-state index contributed by atoms with van der Waals surface area (Å²) in [5.74, 6) is 1.03. The summed E-state index contributed by atoms with van der Waals surface area (Å²) < 4.78 is 1.88. The summed E-state index contributed by atoms with van der Waals surface area (Å²) in [6, 6.07) is 12.2. The Morgan fingerprint density at radius 1 is 1.27 bits per heavy atom. The number of nitrogens with two attached hydrogens (primary N) is 1. The number of anilines is 1. The van der Waals surface area contributed by atoms with Crippen LogP contribution in [0.2, 0.25) is 0 Å². The van der Waals surface area contributed by atoms with Crippen LogP contribution in [0.25, 0.3) is 0 Å². The van der Waals surface area contributed by atoms with Crippen molar-refractivity contribution in [2.45, 2.75) is 19.4 Å². The fourth-order valence-corrected chi connectivity index (χ4v) is 1.65. The lowest BCUT2D eigenvalue weighted by atomic mass is 10.0. The summed E-state index contributed by atoms with van der Waals surface area (Å²) >= 11 is 0. The highest BCUT2D eigenvalue weighted by atomic mass is 15.3. The second-order valence-electron chi connectivity index (χ2n) is 3.77. The Balaban J connectivity index is 2.07. The molecule has 3 nitrogen and oxygen atoms in total. The molecule has 0 radical (unpaired) electrons. The van der Waals surface area contributed by atoms with Crippen LogP contribution in [-0.2, 0) is 6.54 Å². The van der Waals surface area contributed by atoms with Gasteiger partial charge in [-0.05, 0) is 11.6 Å². The summed E-state index contributed by atoms with van der Waals surface area (Å²) in [5, 5.41) is 4.17. The largest absolute Gasteiger partial charge is 0.382 e. The van der Waals surface area contributed by atoms with Gasteiger partial charge in [0.2, 0.25) is 0 Å². The highest BCUT2D eigenvalue weighted by molar-refractivity contribution is 5.24. The molecule has 0 saturated heterocycles. The quantitative estimate of drug-likeness (QED) is 0.827. The summed E-state index contributed by atoms with van der Waals surface area (Å²) in [6.45, 7) is 3.05. The number of nitrogens with zero attached hydrogens (tertiary/aromatic N) is 2. The molecule has 1 unspecified atom stereocenters. The fraction of sp³-hybridized carbons (Fsp3) is 0.250. The minimum absolute atomic E-state index is 0.450. The first-order valence-corrected chi connectivity index (χ1v) is 5.09. The fourth-order valence-electron chi connectivity index (χ4n) is 1.65. The summed E-state index contributed by atoms with van der Waals surface area (Å²) in [5.41, 5.74) is 6.89. The van der Waals surface area contributed by atoms with E-state index < -0.39 is 0 Å². The van der Waals surface area contributed by atoms with Crippen molar-refractivity contribution in [3.8, 4) is 0 Å². The zero-order valence-electron chi connectivity index (χ0n) is 8.80. The van der Waals surface area contributed by atoms with E-state index in [0.29, 0.717) is 11.7 Å². The number of benzene rings is 1. The van der Waals surface area contributed by atoms with Gasteiger partial charge in [-0.25, -0.2) is 0 Å². The first-order chi connectivity index (χ1) is 7.25. The topological polar surface area (TPSA) is 43.8 Å². The normalized spacial score (nSPS) is 12.6. The molecule has 1 aromatic heterocycles. The molecule has 1 aromatic carbocycles. The van der Waals surface area contributed by atoms with Gasteiger partial charge in [-0.15, -0.1) is 0 Å². The first kappa shape index (κ1) is 9.77. The van der Waals surface area contributed by atoms with Crippen molar-refractivity contribution in [1.29, 1.82) is 0 Å². The number of rotatable bonds is 3. The van der Waals surface area contributed by atoms with Gasteiger partial charge in [0.1, 0.15) is 5.82 Å². The molecule has 0 saturated carbocycles. The third-order valence-corrected chi connectivity index (χ3v) is 2.49. The van der Waals surface area contributed by atoms with E-state index in [0.717, 1.165) is 6.54 Å².